The van der Waals surface area contributed by atoms with E-state index in [-0.39, 0.29) is 0 Å². The summed E-state index contributed by atoms with van der Waals surface area (Å²) in [5.74, 6) is 1.55. The molecule has 0 saturated heterocycles. The molecule has 2 heterocycles. The van der Waals surface area contributed by atoms with E-state index in [1.165, 1.54) is 6.33 Å². The number of aromatic amines is 1. The molecule has 0 bridgehead atoms. The fourth-order valence-electron chi connectivity index (χ4n) is 2.46. The molecule has 0 spiro atoms. The van der Waals surface area contributed by atoms with Crippen molar-refractivity contribution in [1.29, 1.82) is 0 Å². The molecule has 0 unspecified atom stereocenters. The quantitative estimate of drug-likeness (QED) is 0.344. The number of aromatic nitrogens is 5. The van der Waals surface area contributed by atoms with Gasteiger partial charge in [-0.2, -0.15) is 10.2 Å². The summed E-state index contributed by atoms with van der Waals surface area (Å²) in [5, 5.41) is 17.6. The molecule has 0 amide bonds. The van der Waals surface area contributed by atoms with Gasteiger partial charge in [-0.3, -0.25) is 14.8 Å². The van der Waals surface area contributed by atoms with E-state index in [2.05, 4.69) is 48.0 Å². The smallest absolute Gasteiger partial charge is 0.191 e. The first-order valence-corrected chi connectivity index (χ1v) is 8.22. The Labute approximate surface area is 146 Å². The second-order valence-electron chi connectivity index (χ2n) is 5.51. The zero-order valence-electron chi connectivity index (χ0n) is 14.2. The van der Waals surface area contributed by atoms with Crippen LogP contribution in [0.5, 0.6) is 0 Å². The average molecular weight is 338 g/mol. The number of H-pyrrole nitrogens is 1. The predicted molar refractivity (Wildman–Crippen MR) is 96.9 cm³/mol. The second kappa shape index (κ2) is 8.62. The molecule has 130 valence electrons. The van der Waals surface area contributed by atoms with E-state index in [1.807, 2.05) is 29.1 Å². The second-order valence-corrected chi connectivity index (χ2v) is 5.51. The zero-order valence-corrected chi connectivity index (χ0v) is 14.2. The van der Waals surface area contributed by atoms with E-state index in [0.29, 0.717) is 6.54 Å². The molecule has 3 rings (SSSR count). The molecule has 2 aromatic heterocycles. The molecule has 0 aliphatic carbocycles. The minimum atomic E-state index is 0.681. The summed E-state index contributed by atoms with van der Waals surface area (Å²) < 4.78 is 1.92. The summed E-state index contributed by atoms with van der Waals surface area (Å²) in [6.45, 7) is 2.40. The molecule has 0 fully saturated rings. The Bertz CT molecular complexity index is 777. The highest BCUT2D eigenvalue weighted by Crippen LogP contribution is 2.15. The van der Waals surface area contributed by atoms with Crippen LogP contribution in [-0.4, -0.2) is 44.5 Å². The monoisotopic (exact) mass is 338 g/mol. The number of guanidine groups is 1. The Morgan fingerprint density at radius 1 is 1.28 bits per heavy atom. The third-order valence-corrected chi connectivity index (χ3v) is 3.71. The SMILES string of the molecule is CN=C(NCCCn1cccn1)NCc1cccc(-c2ncn[nH]2)c1. The van der Waals surface area contributed by atoms with Crippen LogP contribution in [0.2, 0.25) is 0 Å². The number of rotatable bonds is 7. The Morgan fingerprint density at radius 3 is 3.00 bits per heavy atom. The van der Waals surface area contributed by atoms with Crippen LogP contribution in [0.3, 0.4) is 0 Å². The first kappa shape index (κ1) is 16.7. The first-order chi connectivity index (χ1) is 12.3. The fraction of sp³-hybridized carbons (Fsp3) is 0.294. The van der Waals surface area contributed by atoms with Crippen molar-refractivity contribution in [3.8, 4) is 11.4 Å². The van der Waals surface area contributed by atoms with Crippen molar-refractivity contribution in [2.24, 2.45) is 4.99 Å². The van der Waals surface area contributed by atoms with E-state index in [1.54, 1.807) is 13.2 Å². The van der Waals surface area contributed by atoms with Crippen molar-refractivity contribution >= 4 is 5.96 Å². The number of nitrogens with one attached hydrogen (secondary N) is 3. The molecule has 0 aliphatic heterocycles. The largest absolute Gasteiger partial charge is 0.356 e. The normalized spacial score (nSPS) is 11.5. The van der Waals surface area contributed by atoms with Gasteiger partial charge in [-0.05, 0) is 24.1 Å². The molecule has 1 aromatic carbocycles. The molecule has 3 N–H and O–H groups in total. The summed E-state index contributed by atoms with van der Waals surface area (Å²) in [6, 6.07) is 10.1. The first-order valence-electron chi connectivity index (χ1n) is 8.22. The van der Waals surface area contributed by atoms with Crippen LogP contribution >= 0.6 is 0 Å². The van der Waals surface area contributed by atoms with Crippen molar-refractivity contribution < 1.29 is 0 Å². The van der Waals surface area contributed by atoms with E-state index in [9.17, 15) is 0 Å². The number of aryl methyl sites for hydroxylation is 1. The molecular weight excluding hydrogens is 316 g/mol. The van der Waals surface area contributed by atoms with Gasteiger partial charge in [0.05, 0.1) is 0 Å². The Kier molecular flexibility index (Phi) is 5.76. The number of hydrogen-bond acceptors (Lipinski definition) is 4. The molecule has 3 aromatic rings. The molecule has 8 nitrogen and oxygen atoms in total. The third kappa shape index (κ3) is 4.90. The van der Waals surface area contributed by atoms with Gasteiger partial charge in [0.15, 0.2) is 11.8 Å². The highest BCUT2D eigenvalue weighted by atomic mass is 15.3. The van der Waals surface area contributed by atoms with E-state index in [4.69, 9.17) is 0 Å². The predicted octanol–water partition coefficient (Wildman–Crippen LogP) is 1.42. The molecule has 0 radical (unpaired) electrons. The van der Waals surface area contributed by atoms with Crippen LogP contribution in [-0.2, 0) is 13.1 Å². The zero-order chi connectivity index (χ0) is 17.3. The third-order valence-electron chi connectivity index (χ3n) is 3.71. The Balaban J connectivity index is 1.45. The summed E-state index contributed by atoms with van der Waals surface area (Å²) in [5.41, 5.74) is 2.16. The highest BCUT2D eigenvalue weighted by molar-refractivity contribution is 5.79. The van der Waals surface area contributed by atoms with Crippen molar-refractivity contribution in [2.45, 2.75) is 19.5 Å². The number of nitrogens with zero attached hydrogens (tertiary/aromatic N) is 5. The molecule has 0 aliphatic rings. The number of hydrogen-bond donors (Lipinski definition) is 3. The minimum Gasteiger partial charge on any atom is -0.356 e. The molecule has 8 heteroatoms. The molecule has 0 atom stereocenters. The topological polar surface area (TPSA) is 95.8 Å². The lowest BCUT2D eigenvalue weighted by Crippen LogP contribution is -2.37. The van der Waals surface area contributed by atoms with Gasteiger partial charge < -0.3 is 10.6 Å². The van der Waals surface area contributed by atoms with Crippen LogP contribution in [0.4, 0.5) is 0 Å². The van der Waals surface area contributed by atoms with Gasteiger partial charge in [-0.25, -0.2) is 4.98 Å². The highest BCUT2D eigenvalue weighted by Gasteiger charge is 2.03. The summed E-state index contributed by atoms with van der Waals surface area (Å²) >= 11 is 0. The summed E-state index contributed by atoms with van der Waals surface area (Å²) in [4.78, 5) is 8.43. The van der Waals surface area contributed by atoms with Crippen LogP contribution in [0.1, 0.15) is 12.0 Å². The lowest BCUT2D eigenvalue weighted by molar-refractivity contribution is 0.570. The van der Waals surface area contributed by atoms with E-state index in [0.717, 1.165) is 42.4 Å². The average Bonchev–Trinajstić information content (AvgIpc) is 3.35. The van der Waals surface area contributed by atoms with Gasteiger partial charge >= 0.3 is 0 Å². The van der Waals surface area contributed by atoms with E-state index >= 15 is 0 Å². The van der Waals surface area contributed by atoms with Gasteiger partial charge in [0.2, 0.25) is 0 Å². The standard InChI is InChI=1S/C17H22N8/c1-18-17(19-7-3-9-25-10-4-8-23-25)20-12-14-5-2-6-15(11-14)16-21-13-22-24-16/h2,4-6,8,10-11,13H,3,7,9,12H2,1H3,(H2,18,19,20)(H,21,22,24). The maximum atomic E-state index is 4.25. The van der Waals surface area contributed by atoms with Crippen LogP contribution in [0.25, 0.3) is 11.4 Å². The van der Waals surface area contributed by atoms with Crippen molar-refractivity contribution in [3.05, 3.63) is 54.6 Å². The maximum absolute atomic E-state index is 4.25. The van der Waals surface area contributed by atoms with Crippen molar-refractivity contribution in [3.63, 3.8) is 0 Å². The maximum Gasteiger partial charge on any atom is 0.191 e. The van der Waals surface area contributed by atoms with Crippen LogP contribution in [0.15, 0.2) is 54.0 Å². The fourth-order valence-corrected chi connectivity index (χ4v) is 2.46. The van der Waals surface area contributed by atoms with Crippen molar-refractivity contribution in [1.82, 2.24) is 35.6 Å². The number of aliphatic imine (C=N–C) groups is 1. The van der Waals surface area contributed by atoms with Gasteiger partial charge in [0, 0.05) is 44.6 Å². The van der Waals surface area contributed by atoms with Crippen LogP contribution in [0, 0.1) is 0 Å². The molecule has 0 saturated carbocycles. The molecular formula is C17H22N8. The van der Waals surface area contributed by atoms with Gasteiger partial charge in [-0.15, -0.1) is 0 Å². The van der Waals surface area contributed by atoms with Gasteiger partial charge in [0.25, 0.3) is 0 Å². The minimum absolute atomic E-state index is 0.681. The van der Waals surface area contributed by atoms with Crippen molar-refractivity contribution in [2.75, 3.05) is 13.6 Å². The molecule has 25 heavy (non-hydrogen) atoms. The van der Waals surface area contributed by atoms with Gasteiger partial charge in [-0.1, -0.05) is 18.2 Å². The number of benzene rings is 1. The lowest BCUT2D eigenvalue weighted by atomic mass is 10.1. The van der Waals surface area contributed by atoms with Crippen LogP contribution < -0.4 is 10.6 Å². The lowest BCUT2D eigenvalue weighted by Gasteiger charge is -2.12. The summed E-state index contributed by atoms with van der Waals surface area (Å²) in [6.07, 6.45) is 6.24. The van der Waals surface area contributed by atoms with Gasteiger partial charge in [0.1, 0.15) is 6.33 Å². The van der Waals surface area contributed by atoms with E-state index < -0.39 is 0 Å². The Morgan fingerprint density at radius 2 is 2.24 bits per heavy atom. The Hall–Kier alpha value is -3.16. The summed E-state index contributed by atoms with van der Waals surface area (Å²) in [7, 11) is 1.77.